The van der Waals surface area contributed by atoms with E-state index in [0.29, 0.717) is 36.9 Å². The molecule has 2 aliphatic heterocycles. The van der Waals surface area contributed by atoms with Crippen LogP contribution >= 0.6 is 22.7 Å². The summed E-state index contributed by atoms with van der Waals surface area (Å²) in [7, 11) is 1.27. The average molecular weight is 835 g/mol. The molecule has 0 saturated carbocycles. The summed E-state index contributed by atoms with van der Waals surface area (Å²) in [5, 5.41) is 18.2. The molecule has 2 aliphatic rings. The highest BCUT2D eigenvalue weighted by molar-refractivity contribution is 7.07. The Balaban J connectivity index is 0.912. The van der Waals surface area contributed by atoms with Gasteiger partial charge >= 0.3 is 12.2 Å². The Bertz CT molecular complexity index is 2380. The minimum Gasteiger partial charge on any atom is -0.465 e. The molecule has 1 unspecified atom stereocenters. The SMILES string of the molecule is COC(=O)N[C@@H](Cc1cscn1)C(=O)N1CCCC1c1ncc(-c2ccc(-c3ccc(-c4cnc([C@@H]5CCCN5C(=O)[C@H](Cc5cscn5)NC(=O)O)[nH]4)cc3)cc2)[nH]1. The first kappa shape index (κ1) is 39.4. The molecular weight excluding hydrogens is 793 g/mol. The molecule has 18 heteroatoms. The second kappa shape index (κ2) is 17.6. The summed E-state index contributed by atoms with van der Waals surface area (Å²) in [4.78, 5) is 79.3. The van der Waals surface area contributed by atoms with Crippen LogP contribution in [0.3, 0.4) is 0 Å². The molecule has 6 aromatic rings. The van der Waals surface area contributed by atoms with Crippen LogP contribution in [0, 0.1) is 0 Å². The fraction of sp³-hybridized carbons (Fsp3) is 0.317. The lowest BCUT2D eigenvalue weighted by Gasteiger charge is -2.28. The minimum atomic E-state index is -1.26. The monoisotopic (exact) mass is 834 g/mol. The quantitative estimate of drug-likeness (QED) is 0.0887. The summed E-state index contributed by atoms with van der Waals surface area (Å²) in [5.74, 6) is 0.855. The summed E-state index contributed by atoms with van der Waals surface area (Å²) < 4.78 is 4.80. The van der Waals surface area contributed by atoms with Gasteiger partial charge in [-0.25, -0.2) is 29.5 Å². The second-order valence-corrected chi connectivity index (χ2v) is 15.9. The third-order valence-corrected chi connectivity index (χ3v) is 12.1. The third-order valence-electron chi connectivity index (χ3n) is 10.8. The summed E-state index contributed by atoms with van der Waals surface area (Å²) in [6.45, 7) is 1.06. The van der Waals surface area contributed by atoms with E-state index in [9.17, 15) is 24.3 Å². The zero-order chi connectivity index (χ0) is 40.9. The molecule has 5 N–H and O–H groups in total. The highest BCUT2D eigenvalue weighted by Gasteiger charge is 2.38. The predicted octanol–water partition coefficient (Wildman–Crippen LogP) is 6.22. The summed E-state index contributed by atoms with van der Waals surface area (Å²) >= 11 is 2.83. The number of H-pyrrole nitrogens is 2. The van der Waals surface area contributed by atoms with E-state index in [-0.39, 0.29) is 36.7 Å². The van der Waals surface area contributed by atoms with Gasteiger partial charge in [0, 0.05) is 36.7 Å². The van der Waals surface area contributed by atoms with Gasteiger partial charge in [0.05, 0.1) is 65.4 Å². The number of thiazole rings is 2. The number of carbonyl (C=O) groups excluding carboxylic acids is 3. The van der Waals surface area contributed by atoms with Gasteiger partial charge in [0.25, 0.3) is 0 Å². The maximum atomic E-state index is 13.8. The number of nitrogens with zero attached hydrogens (tertiary/aromatic N) is 6. The van der Waals surface area contributed by atoms with Crippen LogP contribution in [0.5, 0.6) is 0 Å². The molecule has 2 fully saturated rings. The largest absolute Gasteiger partial charge is 0.465 e. The van der Waals surface area contributed by atoms with Gasteiger partial charge in [-0.15, -0.1) is 22.7 Å². The average Bonchev–Trinajstić information content (AvgIpc) is 4.11. The number of hydrogen-bond acceptors (Lipinski definition) is 11. The molecule has 0 spiro atoms. The summed E-state index contributed by atoms with van der Waals surface area (Å²) in [6.07, 6.45) is 5.12. The van der Waals surface area contributed by atoms with Crippen molar-refractivity contribution in [1.29, 1.82) is 0 Å². The van der Waals surface area contributed by atoms with E-state index in [0.717, 1.165) is 58.6 Å². The van der Waals surface area contributed by atoms with Crippen LogP contribution in [0.4, 0.5) is 9.59 Å². The lowest BCUT2D eigenvalue weighted by Crippen LogP contribution is -2.49. The Morgan fingerprint density at radius 2 is 1.15 bits per heavy atom. The Labute approximate surface area is 347 Å². The lowest BCUT2D eigenvalue weighted by molar-refractivity contribution is -0.135. The molecule has 4 aromatic heterocycles. The normalized spacial score (nSPS) is 17.4. The van der Waals surface area contributed by atoms with Crippen molar-refractivity contribution in [3.8, 4) is 33.6 Å². The molecule has 59 heavy (non-hydrogen) atoms. The number of benzene rings is 2. The molecule has 2 aromatic carbocycles. The number of nitrogens with one attached hydrogen (secondary N) is 4. The Hall–Kier alpha value is -6.40. The maximum Gasteiger partial charge on any atom is 0.407 e. The molecule has 16 nitrogen and oxygen atoms in total. The van der Waals surface area contributed by atoms with Crippen LogP contribution in [-0.4, -0.2) is 101 Å². The molecule has 0 radical (unpaired) electrons. The number of aromatic nitrogens is 6. The number of amides is 4. The van der Waals surface area contributed by atoms with Crippen LogP contribution in [0.1, 0.15) is 60.8 Å². The Morgan fingerprint density at radius 3 is 1.56 bits per heavy atom. The first-order valence-corrected chi connectivity index (χ1v) is 21.1. The second-order valence-electron chi connectivity index (χ2n) is 14.5. The van der Waals surface area contributed by atoms with Crippen molar-refractivity contribution < 1.29 is 29.0 Å². The van der Waals surface area contributed by atoms with Crippen molar-refractivity contribution in [2.24, 2.45) is 0 Å². The number of hydrogen-bond donors (Lipinski definition) is 5. The van der Waals surface area contributed by atoms with Crippen molar-refractivity contribution >= 4 is 46.7 Å². The molecule has 8 rings (SSSR count). The molecule has 2 saturated heterocycles. The van der Waals surface area contributed by atoms with Gasteiger partial charge in [-0.1, -0.05) is 48.5 Å². The molecule has 4 amide bonds. The number of likely N-dealkylation sites (tertiary alicyclic amines) is 2. The van der Waals surface area contributed by atoms with Crippen molar-refractivity contribution in [2.75, 3.05) is 20.2 Å². The van der Waals surface area contributed by atoms with Crippen molar-refractivity contribution in [2.45, 2.75) is 62.7 Å². The minimum absolute atomic E-state index is 0.179. The molecule has 304 valence electrons. The van der Waals surface area contributed by atoms with Gasteiger partial charge in [0.1, 0.15) is 23.7 Å². The number of carboxylic acid groups (broad SMARTS) is 1. The predicted molar refractivity (Wildman–Crippen MR) is 220 cm³/mol. The fourth-order valence-corrected chi connectivity index (χ4v) is 9.01. The van der Waals surface area contributed by atoms with Crippen LogP contribution < -0.4 is 10.6 Å². The van der Waals surface area contributed by atoms with Crippen LogP contribution in [0.15, 0.2) is 82.7 Å². The van der Waals surface area contributed by atoms with E-state index in [4.69, 9.17) is 4.74 Å². The number of aromatic amines is 2. The van der Waals surface area contributed by atoms with E-state index in [1.807, 2.05) is 47.2 Å². The molecule has 0 bridgehead atoms. The molecule has 4 atom stereocenters. The van der Waals surface area contributed by atoms with E-state index in [2.05, 4.69) is 52.7 Å². The van der Waals surface area contributed by atoms with Gasteiger partial charge in [0.2, 0.25) is 11.8 Å². The topological polar surface area (TPSA) is 211 Å². The highest BCUT2D eigenvalue weighted by atomic mass is 32.1. The van der Waals surface area contributed by atoms with Gasteiger partial charge in [0.15, 0.2) is 0 Å². The standard InChI is InChI=1S/C41H42N10O6S2/c1-57-41(56)49-31(17-29-21-59-23-45-29)39(53)51-15-3-5-35(51)37-43-19-33(47-37)27-12-8-25(9-13-27)24-6-10-26(11-7-24)32-18-42-36(46-32)34-4-2-14-50(34)38(52)30(48-40(54)55)16-28-20-58-22-44-28/h6-13,18-23,30-31,34-35,48H,2-5,14-17H2,1H3,(H,42,46)(H,43,47)(H,49,56)(H,54,55)/t30-,31-,34-,35?/m0/s1. The van der Waals surface area contributed by atoms with Crippen molar-refractivity contribution in [3.05, 3.63) is 106 Å². The van der Waals surface area contributed by atoms with Gasteiger partial charge < -0.3 is 40.2 Å². The maximum absolute atomic E-state index is 13.8. The lowest BCUT2D eigenvalue weighted by atomic mass is 10.0. The van der Waals surface area contributed by atoms with Gasteiger partial charge in [-0.05, 0) is 47.9 Å². The summed E-state index contributed by atoms with van der Waals surface area (Å²) in [5.41, 5.74) is 10.3. The number of ether oxygens (including phenoxy) is 1. The van der Waals surface area contributed by atoms with E-state index in [1.165, 1.54) is 29.8 Å². The van der Waals surface area contributed by atoms with Crippen molar-refractivity contribution in [1.82, 2.24) is 50.3 Å². The number of rotatable bonds is 13. The van der Waals surface area contributed by atoms with E-state index >= 15 is 0 Å². The van der Waals surface area contributed by atoms with Crippen LogP contribution in [0.2, 0.25) is 0 Å². The Kier molecular flexibility index (Phi) is 11.8. The Morgan fingerprint density at radius 1 is 0.712 bits per heavy atom. The first-order valence-electron chi connectivity index (χ1n) is 19.2. The molecule has 0 aliphatic carbocycles. The van der Waals surface area contributed by atoms with Crippen LogP contribution in [-0.2, 0) is 27.2 Å². The number of alkyl carbamates (subject to hydrolysis) is 1. The smallest absolute Gasteiger partial charge is 0.407 e. The summed E-state index contributed by atoms with van der Waals surface area (Å²) in [6, 6.07) is 14.0. The number of imidazole rings is 2. The third kappa shape index (κ3) is 8.87. The molecular formula is C41H42N10O6S2. The van der Waals surface area contributed by atoms with Gasteiger partial charge in [-0.2, -0.15) is 0 Å². The zero-order valence-corrected chi connectivity index (χ0v) is 33.7. The van der Waals surface area contributed by atoms with E-state index in [1.54, 1.807) is 33.2 Å². The number of methoxy groups -OCH3 is 1. The van der Waals surface area contributed by atoms with Gasteiger partial charge in [-0.3, -0.25) is 9.59 Å². The highest BCUT2D eigenvalue weighted by Crippen LogP contribution is 2.35. The zero-order valence-electron chi connectivity index (χ0n) is 32.0. The molecule has 6 heterocycles. The first-order chi connectivity index (χ1) is 28.7. The fourth-order valence-electron chi connectivity index (χ4n) is 7.87. The number of carbonyl (C=O) groups is 4. The van der Waals surface area contributed by atoms with Crippen molar-refractivity contribution in [3.63, 3.8) is 0 Å². The van der Waals surface area contributed by atoms with Crippen LogP contribution in [0.25, 0.3) is 33.6 Å². The van der Waals surface area contributed by atoms with E-state index < -0.39 is 24.3 Å².